The second-order valence-electron chi connectivity index (χ2n) is 7.66. The zero-order valence-electron chi connectivity index (χ0n) is 16.0. The molecule has 2 aromatic rings. The zero-order chi connectivity index (χ0) is 19.3. The number of carbonyl (C=O) groups excluding carboxylic acids is 1. The Labute approximate surface area is 164 Å². The van der Waals surface area contributed by atoms with Crippen LogP contribution in [0.2, 0.25) is 0 Å². The third-order valence-corrected chi connectivity index (χ3v) is 5.70. The summed E-state index contributed by atoms with van der Waals surface area (Å²) in [6.07, 6.45) is 9.50. The molecule has 0 N–H and O–H groups in total. The van der Waals surface area contributed by atoms with E-state index in [9.17, 15) is 9.59 Å². The molecule has 4 heterocycles. The topological polar surface area (TPSA) is 77.3 Å². The van der Waals surface area contributed by atoms with Gasteiger partial charge in [-0.05, 0) is 43.7 Å². The Morgan fingerprint density at radius 1 is 1.18 bits per heavy atom. The van der Waals surface area contributed by atoms with Crippen molar-refractivity contribution < 1.29 is 9.53 Å². The van der Waals surface area contributed by atoms with Gasteiger partial charge in [0, 0.05) is 50.3 Å². The summed E-state index contributed by atoms with van der Waals surface area (Å²) in [6.45, 7) is 2.94. The molecule has 0 radical (unpaired) electrons. The highest BCUT2D eigenvalue weighted by Gasteiger charge is 2.26. The molecule has 2 fully saturated rings. The second kappa shape index (κ2) is 8.65. The van der Waals surface area contributed by atoms with Crippen molar-refractivity contribution in [1.82, 2.24) is 19.4 Å². The van der Waals surface area contributed by atoms with Gasteiger partial charge < -0.3 is 9.64 Å². The Morgan fingerprint density at radius 3 is 2.64 bits per heavy atom. The minimum atomic E-state index is -0.0429. The number of carbonyl (C=O) groups is 1. The maximum atomic E-state index is 12.5. The summed E-state index contributed by atoms with van der Waals surface area (Å²) in [5.74, 6) is 0.587. The summed E-state index contributed by atoms with van der Waals surface area (Å²) in [7, 11) is 0. The van der Waals surface area contributed by atoms with Gasteiger partial charge in [0.05, 0.1) is 24.5 Å². The normalized spacial score (nSPS) is 20.4. The first kappa shape index (κ1) is 18.8. The molecular weight excluding hydrogens is 356 g/mol. The van der Waals surface area contributed by atoms with Crippen molar-refractivity contribution in [3.63, 3.8) is 0 Å². The molecule has 2 aliphatic heterocycles. The van der Waals surface area contributed by atoms with Gasteiger partial charge >= 0.3 is 0 Å². The molecule has 0 saturated carbocycles. The van der Waals surface area contributed by atoms with Crippen LogP contribution in [0.15, 0.2) is 41.7 Å². The SMILES string of the molecule is O=C(CC1CCCO1)N1CCC(Cn2cnc(-c3ccncc3)cc2=O)CC1. The first-order valence-corrected chi connectivity index (χ1v) is 10.1. The molecule has 28 heavy (non-hydrogen) atoms. The fourth-order valence-electron chi connectivity index (χ4n) is 4.02. The van der Waals surface area contributed by atoms with Crippen molar-refractivity contribution in [2.45, 2.75) is 44.8 Å². The van der Waals surface area contributed by atoms with Crippen LogP contribution in [0, 0.1) is 5.92 Å². The van der Waals surface area contributed by atoms with Crippen LogP contribution >= 0.6 is 0 Å². The molecule has 7 heteroatoms. The highest BCUT2D eigenvalue weighted by atomic mass is 16.5. The molecule has 0 aromatic carbocycles. The molecule has 2 saturated heterocycles. The van der Waals surface area contributed by atoms with Crippen LogP contribution < -0.4 is 5.56 Å². The maximum absolute atomic E-state index is 12.5. The van der Waals surface area contributed by atoms with Crippen LogP contribution in [-0.2, 0) is 16.1 Å². The number of aromatic nitrogens is 3. The standard InChI is InChI=1S/C21H26N4O3/c26-20(12-18-2-1-11-28-18)24-9-5-16(6-10-24)14-25-15-23-19(13-21(25)27)17-3-7-22-8-4-17/h3-4,7-8,13,15-16,18H,1-2,5-6,9-12,14H2. The first-order valence-electron chi connectivity index (χ1n) is 10.1. The van der Waals surface area contributed by atoms with Crippen LogP contribution in [0.3, 0.4) is 0 Å². The van der Waals surface area contributed by atoms with E-state index < -0.39 is 0 Å². The number of rotatable bonds is 5. The van der Waals surface area contributed by atoms with E-state index in [2.05, 4.69) is 9.97 Å². The minimum absolute atomic E-state index is 0.0429. The lowest BCUT2D eigenvalue weighted by Crippen LogP contribution is -2.41. The summed E-state index contributed by atoms with van der Waals surface area (Å²) in [5.41, 5.74) is 1.51. The van der Waals surface area contributed by atoms with Crippen LogP contribution in [0.25, 0.3) is 11.3 Å². The van der Waals surface area contributed by atoms with E-state index in [0.717, 1.165) is 50.9 Å². The lowest BCUT2D eigenvalue weighted by atomic mass is 9.96. The maximum Gasteiger partial charge on any atom is 0.253 e. The van der Waals surface area contributed by atoms with Gasteiger partial charge in [0.15, 0.2) is 0 Å². The predicted molar refractivity (Wildman–Crippen MR) is 105 cm³/mol. The molecule has 148 valence electrons. The van der Waals surface area contributed by atoms with Gasteiger partial charge in [-0.25, -0.2) is 4.98 Å². The lowest BCUT2D eigenvalue weighted by molar-refractivity contribution is -0.134. The summed E-state index contributed by atoms with van der Waals surface area (Å²) in [4.78, 5) is 35.3. The summed E-state index contributed by atoms with van der Waals surface area (Å²) in [5, 5.41) is 0. The van der Waals surface area contributed by atoms with Crippen molar-refractivity contribution >= 4 is 5.91 Å². The number of nitrogens with zero attached hydrogens (tertiary/aromatic N) is 4. The summed E-state index contributed by atoms with van der Waals surface area (Å²) < 4.78 is 7.25. The molecule has 1 atom stereocenters. The Hall–Kier alpha value is -2.54. The minimum Gasteiger partial charge on any atom is -0.378 e. The number of pyridine rings is 1. The van der Waals surface area contributed by atoms with Gasteiger partial charge in [-0.1, -0.05) is 0 Å². The zero-order valence-corrected chi connectivity index (χ0v) is 16.0. The van der Waals surface area contributed by atoms with Crippen LogP contribution in [-0.4, -0.2) is 51.1 Å². The van der Waals surface area contributed by atoms with E-state index in [-0.39, 0.29) is 17.6 Å². The number of hydrogen-bond acceptors (Lipinski definition) is 5. The van der Waals surface area contributed by atoms with Gasteiger partial charge in [-0.15, -0.1) is 0 Å². The van der Waals surface area contributed by atoms with E-state index in [1.807, 2.05) is 17.0 Å². The first-order chi connectivity index (χ1) is 13.7. The number of hydrogen-bond donors (Lipinski definition) is 0. The van der Waals surface area contributed by atoms with Crippen molar-refractivity contribution in [3.8, 4) is 11.3 Å². The van der Waals surface area contributed by atoms with Crippen LogP contribution in [0.5, 0.6) is 0 Å². The molecule has 2 aliphatic rings. The summed E-state index contributed by atoms with van der Waals surface area (Å²) >= 11 is 0. The largest absolute Gasteiger partial charge is 0.378 e. The molecule has 1 unspecified atom stereocenters. The van der Waals surface area contributed by atoms with Gasteiger partial charge in [-0.3, -0.25) is 19.1 Å². The Kier molecular flexibility index (Phi) is 5.81. The molecule has 4 rings (SSSR count). The molecule has 2 aromatic heterocycles. The number of piperidine rings is 1. The fraction of sp³-hybridized carbons (Fsp3) is 0.524. The smallest absolute Gasteiger partial charge is 0.253 e. The monoisotopic (exact) mass is 382 g/mol. The van der Waals surface area contributed by atoms with E-state index in [1.165, 1.54) is 0 Å². The Bertz CT molecular complexity index is 853. The highest BCUT2D eigenvalue weighted by molar-refractivity contribution is 5.76. The fourth-order valence-corrected chi connectivity index (χ4v) is 4.02. The highest BCUT2D eigenvalue weighted by Crippen LogP contribution is 2.22. The molecule has 1 amide bonds. The van der Waals surface area contributed by atoms with Gasteiger partial charge in [0.25, 0.3) is 5.56 Å². The van der Waals surface area contributed by atoms with Gasteiger partial charge in [0.1, 0.15) is 0 Å². The van der Waals surface area contributed by atoms with E-state index in [0.29, 0.717) is 24.6 Å². The van der Waals surface area contributed by atoms with Gasteiger partial charge in [0.2, 0.25) is 5.91 Å². The Morgan fingerprint density at radius 2 is 1.96 bits per heavy atom. The van der Waals surface area contributed by atoms with Crippen molar-refractivity contribution in [2.75, 3.05) is 19.7 Å². The van der Waals surface area contributed by atoms with Crippen molar-refractivity contribution in [1.29, 1.82) is 0 Å². The van der Waals surface area contributed by atoms with E-state index in [4.69, 9.17) is 4.74 Å². The summed E-state index contributed by atoms with van der Waals surface area (Å²) in [6, 6.07) is 5.26. The van der Waals surface area contributed by atoms with Gasteiger partial charge in [-0.2, -0.15) is 0 Å². The van der Waals surface area contributed by atoms with Crippen LogP contribution in [0.1, 0.15) is 32.1 Å². The molecule has 0 spiro atoms. The number of likely N-dealkylation sites (tertiary alicyclic amines) is 1. The molecule has 0 aliphatic carbocycles. The van der Waals surface area contributed by atoms with Crippen LogP contribution in [0.4, 0.5) is 0 Å². The predicted octanol–water partition coefficient (Wildman–Crippen LogP) is 2.11. The number of ether oxygens (including phenoxy) is 1. The quantitative estimate of drug-likeness (QED) is 0.792. The molecule has 0 bridgehead atoms. The van der Waals surface area contributed by atoms with Crippen molar-refractivity contribution in [3.05, 3.63) is 47.3 Å². The average molecular weight is 382 g/mol. The second-order valence-corrected chi connectivity index (χ2v) is 7.66. The molecular formula is C21H26N4O3. The number of amides is 1. The van der Waals surface area contributed by atoms with Crippen molar-refractivity contribution in [2.24, 2.45) is 5.92 Å². The average Bonchev–Trinajstić information content (AvgIpc) is 3.24. The lowest BCUT2D eigenvalue weighted by Gasteiger charge is -2.32. The third-order valence-electron chi connectivity index (χ3n) is 5.70. The van der Waals surface area contributed by atoms with E-state index >= 15 is 0 Å². The Balaban J connectivity index is 1.31. The molecule has 7 nitrogen and oxygen atoms in total. The third kappa shape index (κ3) is 4.47. The van der Waals surface area contributed by atoms with E-state index in [1.54, 1.807) is 29.4 Å².